The van der Waals surface area contributed by atoms with Gasteiger partial charge >= 0.3 is 5.97 Å². The Kier molecular flexibility index (Phi) is 4.14. The van der Waals surface area contributed by atoms with Gasteiger partial charge in [-0.2, -0.15) is 0 Å². The number of Topliss-reactive ketones (excluding diaryl/α,β-unsaturated/α-hetero) is 1. The van der Waals surface area contributed by atoms with Gasteiger partial charge in [-0.15, -0.1) is 0 Å². The van der Waals surface area contributed by atoms with Gasteiger partial charge in [0.05, 0.1) is 6.61 Å². The number of fused-ring (bicyclic) bond motifs is 1. The van der Waals surface area contributed by atoms with Crippen LogP contribution in [0.1, 0.15) is 19.4 Å². The molecule has 0 aromatic heterocycles. The zero-order valence-electron chi connectivity index (χ0n) is 13.0. The van der Waals surface area contributed by atoms with Gasteiger partial charge in [-0.1, -0.05) is 6.07 Å². The summed E-state index contributed by atoms with van der Waals surface area (Å²) in [5.41, 5.74) is 1.47. The van der Waals surface area contributed by atoms with Crippen LogP contribution < -0.4 is 9.47 Å². The van der Waals surface area contributed by atoms with E-state index >= 15 is 0 Å². The van der Waals surface area contributed by atoms with Crippen LogP contribution in [0.3, 0.4) is 0 Å². The predicted molar refractivity (Wildman–Crippen MR) is 83.6 cm³/mol. The summed E-state index contributed by atoms with van der Waals surface area (Å²) in [7, 11) is 0. The second-order valence-electron chi connectivity index (χ2n) is 5.24. The highest BCUT2D eigenvalue weighted by Gasteiger charge is 2.38. The first kappa shape index (κ1) is 15.3. The minimum Gasteiger partial charge on any atom is -0.486 e. The van der Waals surface area contributed by atoms with Crippen LogP contribution in [0.5, 0.6) is 11.5 Å². The summed E-state index contributed by atoms with van der Waals surface area (Å²) in [5.74, 6) is -0.502. The molecular weight excluding hydrogens is 298 g/mol. The first-order valence-corrected chi connectivity index (χ1v) is 7.47. The highest BCUT2D eigenvalue weighted by atomic mass is 16.6. The van der Waals surface area contributed by atoms with Gasteiger partial charge in [-0.3, -0.25) is 14.6 Å². The molecule has 1 unspecified atom stereocenters. The monoisotopic (exact) mass is 315 g/mol. The van der Waals surface area contributed by atoms with Gasteiger partial charge in [0.1, 0.15) is 18.9 Å². The number of allylic oxidation sites excluding steroid dienone is 1. The number of esters is 1. The Morgan fingerprint density at radius 2 is 2.09 bits per heavy atom. The van der Waals surface area contributed by atoms with Crippen LogP contribution >= 0.6 is 0 Å². The summed E-state index contributed by atoms with van der Waals surface area (Å²) < 4.78 is 15.9. The lowest BCUT2D eigenvalue weighted by atomic mass is 10.00. The minimum atomic E-state index is -0.932. The summed E-state index contributed by atoms with van der Waals surface area (Å²) in [5, 5.41) is 0. The number of nitrogens with zero attached hydrogens (tertiary/aromatic N) is 1. The van der Waals surface area contributed by atoms with E-state index in [0.717, 1.165) is 5.56 Å². The summed E-state index contributed by atoms with van der Waals surface area (Å²) >= 11 is 0. The fraction of sp³-hybridized carbons (Fsp3) is 0.353. The largest absolute Gasteiger partial charge is 0.486 e. The van der Waals surface area contributed by atoms with Crippen molar-refractivity contribution in [3.8, 4) is 11.5 Å². The van der Waals surface area contributed by atoms with Gasteiger partial charge in [0.2, 0.25) is 5.78 Å². The molecule has 120 valence electrons. The van der Waals surface area contributed by atoms with Gasteiger partial charge in [-0.25, -0.2) is 0 Å². The number of hydrogen-bond donors (Lipinski definition) is 0. The quantitative estimate of drug-likeness (QED) is 0.485. The maximum atomic E-state index is 12.4. The highest BCUT2D eigenvalue weighted by molar-refractivity contribution is 6.28. The van der Waals surface area contributed by atoms with Crippen molar-refractivity contribution in [2.24, 2.45) is 10.9 Å². The number of ether oxygens (including phenoxy) is 3. The molecule has 0 saturated heterocycles. The van der Waals surface area contributed by atoms with E-state index in [9.17, 15) is 9.59 Å². The maximum absolute atomic E-state index is 12.4. The standard InChI is InChI=1S/C17H17NO5/c1-3-21-17(20)15-10(2)18-12(16(15)19)8-11-4-5-13-14(9-11)23-7-6-22-13/h4-5,8-9,15H,3,6-7H2,1-2H3/b12-8+. The second-order valence-corrected chi connectivity index (χ2v) is 5.24. The average Bonchev–Trinajstić information content (AvgIpc) is 2.81. The molecule has 2 heterocycles. The molecule has 0 saturated carbocycles. The van der Waals surface area contributed by atoms with Crippen molar-refractivity contribution in [1.82, 2.24) is 0 Å². The van der Waals surface area contributed by atoms with Crippen LogP contribution in [0.2, 0.25) is 0 Å². The zero-order valence-corrected chi connectivity index (χ0v) is 13.0. The molecule has 0 aliphatic carbocycles. The molecule has 2 aliphatic heterocycles. The number of carbonyl (C=O) groups is 2. The Hall–Kier alpha value is -2.63. The molecule has 3 rings (SSSR count). The van der Waals surface area contributed by atoms with E-state index in [2.05, 4.69) is 4.99 Å². The Morgan fingerprint density at radius 3 is 2.83 bits per heavy atom. The van der Waals surface area contributed by atoms with Crippen LogP contribution in [0.4, 0.5) is 0 Å². The summed E-state index contributed by atoms with van der Waals surface area (Å²) in [6.45, 7) is 4.61. The molecule has 0 spiro atoms. The maximum Gasteiger partial charge on any atom is 0.322 e. The Morgan fingerprint density at radius 1 is 1.35 bits per heavy atom. The van der Waals surface area contributed by atoms with E-state index in [0.29, 0.717) is 30.4 Å². The van der Waals surface area contributed by atoms with Crippen LogP contribution in [-0.4, -0.2) is 37.3 Å². The van der Waals surface area contributed by atoms with E-state index in [-0.39, 0.29) is 18.1 Å². The Labute approximate surface area is 133 Å². The molecule has 0 fully saturated rings. The molecule has 0 N–H and O–H groups in total. The summed E-state index contributed by atoms with van der Waals surface area (Å²) in [6, 6.07) is 5.40. The molecule has 0 bridgehead atoms. The van der Waals surface area contributed by atoms with Gasteiger partial charge in [0.25, 0.3) is 0 Å². The molecular formula is C17H17NO5. The third-order valence-corrected chi connectivity index (χ3v) is 3.62. The van der Waals surface area contributed by atoms with Crippen molar-refractivity contribution >= 4 is 23.5 Å². The van der Waals surface area contributed by atoms with E-state index in [1.165, 1.54) is 0 Å². The number of rotatable bonds is 3. The third-order valence-electron chi connectivity index (χ3n) is 3.62. The van der Waals surface area contributed by atoms with Gasteiger partial charge in [0, 0.05) is 5.71 Å². The van der Waals surface area contributed by atoms with Gasteiger partial charge in [0.15, 0.2) is 17.4 Å². The normalized spacial score (nSPS) is 21.3. The van der Waals surface area contributed by atoms with Crippen molar-refractivity contribution in [2.75, 3.05) is 19.8 Å². The van der Waals surface area contributed by atoms with Crippen molar-refractivity contribution in [2.45, 2.75) is 13.8 Å². The topological polar surface area (TPSA) is 74.2 Å². The fourth-order valence-electron chi connectivity index (χ4n) is 2.56. The van der Waals surface area contributed by atoms with Crippen LogP contribution in [0.15, 0.2) is 28.9 Å². The van der Waals surface area contributed by atoms with Crippen LogP contribution in [0.25, 0.3) is 6.08 Å². The van der Waals surface area contributed by atoms with E-state index in [1.807, 2.05) is 6.07 Å². The lowest BCUT2D eigenvalue weighted by Gasteiger charge is -2.18. The number of benzene rings is 1. The molecule has 2 aliphatic rings. The lowest BCUT2D eigenvalue weighted by Crippen LogP contribution is -2.28. The molecule has 0 amide bonds. The first-order valence-electron chi connectivity index (χ1n) is 7.47. The van der Waals surface area contributed by atoms with Crippen molar-refractivity contribution < 1.29 is 23.8 Å². The minimum absolute atomic E-state index is 0.233. The van der Waals surface area contributed by atoms with Crippen LogP contribution in [-0.2, 0) is 14.3 Å². The lowest BCUT2D eigenvalue weighted by molar-refractivity contribution is -0.147. The predicted octanol–water partition coefficient (Wildman–Crippen LogP) is 2.02. The number of ketones is 1. The van der Waals surface area contributed by atoms with Crippen molar-refractivity contribution in [3.63, 3.8) is 0 Å². The number of hydrogen-bond acceptors (Lipinski definition) is 6. The average molecular weight is 315 g/mol. The number of aliphatic imine (C=N–C) groups is 1. The van der Waals surface area contributed by atoms with Gasteiger partial charge in [-0.05, 0) is 37.6 Å². The molecule has 23 heavy (non-hydrogen) atoms. The molecule has 0 radical (unpaired) electrons. The molecule has 1 aromatic rings. The first-order chi connectivity index (χ1) is 11.1. The SMILES string of the molecule is CCOC(=O)C1C(=O)/C(=C\c2ccc3c(c2)OCCO3)N=C1C. The highest BCUT2D eigenvalue weighted by Crippen LogP contribution is 2.32. The van der Waals surface area contributed by atoms with E-state index in [4.69, 9.17) is 14.2 Å². The molecule has 1 aromatic carbocycles. The smallest absolute Gasteiger partial charge is 0.322 e. The molecule has 6 nitrogen and oxygen atoms in total. The molecule has 6 heteroatoms. The Bertz CT molecular complexity index is 720. The van der Waals surface area contributed by atoms with Crippen molar-refractivity contribution in [3.05, 3.63) is 29.5 Å². The van der Waals surface area contributed by atoms with Gasteiger partial charge < -0.3 is 14.2 Å². The fourth-order valence-corrected chi connectivity index (χ4v) is 2.56. The van der Waals surface area contributed by atoms with Crippen LogP contribution in [0, 0.1) is 5.92 Å². The number of carbonyl (C=O) groups excluding carboxylic acids is 2. The molecule has 1 atom stereocenters. The third kappa shape index (κ3) is 2.97. The Balaban J connectivity index is 1.86. The second kappa shape index (κ2) is 6.24. The summed E-state index contributed by atoms with van der Waals surface area (Å²) in [4.78, 5) is 28.5. The van der Waals surface area contributed by atoms with E-state index in [1.54, 1.807) is 32.1 Å². The van der Waals surface area contributed by atoms with Crippen molar-refractivity contribution in [1.29, 1.82) is 0 Å². The zero-order chi connectivity index (χ0) is 16.4. The summed E-state index contributed by atoms with van der Waals surface area (Å²) in [6.07, 6.45) is 1.64. The van der Waals surface area contributed by atoms with E-state index < -0.39 is 11.9 Å².